The van der Waals surface area contributed by atoms with E-state index in [4.69, 9.17) is 9.47 Å². The number of fused-ring (bicyclic) bond motifs is 2. The molecular formula is C21H21NO4. The number of aryl methyl sites for hydroxylation is 1. The van der Waals surface area contributed by atoms with Crippen molar-refractivity contribution in [1.29, 1.82) is 0 Å². The van der Waals surface area contributed by atoms with Crippen molar-refractivity contribution in [3.8, 4) is 11.5 Å². The number of benzene rings is 2. The van der Waals surface area contributed by atoms with Crippen LogP contribution in [0.25, 0.3) is 0 Å². The zero-order valence-electron chi connectivity index (χ0n) is 14.6. The molecule has 0 bridgehead atoms. The van der Waals surface area contributed by atoms with Gasteiger partial charge in [-0.15, -0.1) is 0 Å². The molecule has 2 aromatic carbocycles. The molecule has 0 aromatic heterocycles. The molecule has 26 heavy (non-hydrogen) atoms. The summed E-state index contributed by atoms with van der Waals surface area (Å²) in [4.78, 5) is 26.4. The second-order valence-electron chi connectivity index (χ2n) is 6.57. The van der Waals surface area contributed by atoms with E-state index >= 15 is 0 Å². The Balaban J connectivity index is 1.37. The predicted octanol–water partition coefficient (Wildman–Crippen LogP) is 3.40. The van der Waals surface area contributed by atoms with Crippen molar-refractivity contribution in [1.82, 2.24) is 0 Å². The molecule has 0 saturated heterocycles. The van der Waals surface area contributed by atoms with E-state index in [1.165, 1.54) is 0 Å². The maximum atomic E-state index is 12.7. The lowest BCUT2D eigenvalue weighted by Gasteiger charge is -2.28. The Morgan fingerprint density at radius 2 is 1.85 bits per heavy atom. The lowest BCUT2D eigenvalue weighted by molar-refractivity contribution is -0.118. The van der Waals surface area contributed by atoms with E-state index in [0.717, 1.165) is 35.6 Å². The van der Waals surface area contributed by atoms with Gasteiger partial charge in [-0.25, -0.2) is 0 Å². The maximum Gasteiger partial charge on any atom is 0.227 e. The number of carbonyl (C=O) groups is 2. The van der Waals surface area contributed by atoms with Gasteiger partial charge < -0.3 is 14.4 Å². The van der Waals surface area contributed by atoms with E-state index in [2.05, 4.69) is 0 Å². The van der Waals surface area contributed by atoms with Crippen LogP contribution in [-0.4, -0.2) is 31.4 Å². The Hall–Kier alpha value is -2.82. The average Bonchev–Trinajstić information content (AvgIpc) is 2.68. The quantitative estimate of drug-likeness (QED) is 0.847. The molecule has 2 aromatic rings. The van der Waals surface area contributed by atoms with Crippen LogP contribution in [0.1, 0.15) is 35.2 Å². The highest BCUT2D eigenvalue weighted by Crippen LogP contribution is 2.31. The van der Waals surface area contributed by atoms with E-state index in [1.54, 1.807) is 11.0 Å². The molecule has 0 unspecified atom stereocenters. The molecule has 4 rings (SSSR count). The summed E-state index contributed by atoms with van der Waals surface area (Å²) >= 11 is 0. The van der Waals surface area contributed by atoms with Crippen LogP contribution in [0.2, 0.25) is 0 Å². The third kappa shape index (κ3) is 3.29. The number of anilines is 1. The number of carbonyl (C=O) groups excluding carboxylic acids is 2. The first-order valence-corrected chi connectivity index (χ1v) is 9.03. The van der Waals surface area contributed by atoms with Gasteiger partial charge in [-0.05, 0) is 42.7 Å². The van der Waals surface area contributed by atoms with Crippen LogP contribution < -0.4 is 14.4 Å². The van der Waals surface area contributed by atoms with Crippen molar-refractivity contribution in [2.45, 2.75) is 25.7 Å². The first-order valence-electron chi connectivity index (χ1n) is 9.03. The molecule has 1 amide bonds. The highest BCUT2D eigenvalue weighted by molar-refractivity contribution is 6.08. The fourth-order valence-corrected chi connectivity index (χ4v) is 3.49. The van der Waals surface area contributed by atoms with Crippen molar-refractivity contribution in [3.05, 3.63) is 53.6 Å². The number of hydrogen-bond donors (Lipinski definition) is 0. The summed E-state index contributed by atoms with van der Waals surface area (Å²) < 4.78 is 11.1. The lowest BCUT2D eigenvalue weighted by atomic mass is 9.99. The maximum absolute atomic E-state index is 12.7. The third-order valence-corrected chi connectivity index (χ3v) is 4.82. The Kier molecular flexibility index (Phi) is 4.61. The molecule has 0 saturated carbocycles. The number of hydrogen-bond acceptors (Lipinski definition) is 4. The summed E-state index contributed by atoms with van der Waals surface area (Å²) in [5, 5.41) is 0. The molecule has 0 aliphatic carbocycles. The predicted molar refractivity (Wildman–Crippen MR) is 98.1 cm³/mol. The Labute approximate surface area is 152 Å². The smallest absolute Gasteiger partial charge is 0.227 e. The summed E-state index contributed by atoms with van der Waals surface area (Å²) in [5.74, 6) is 1.75. The molecule has 0 fully saturated rings. The van der Waals surface area contributed by atoms with Crippen LogP contribution in [0.15, 0.2) is 42.5 Å². The number of para-hydroxylation sites is 1. The SMILES string of the molecule is O=C1CCN(C(=O)CCCc2ccc3c(c2)OCCO3)c2ccccc21. The first kappa shape index (κ1) is 16.6. The van der Waals surface area contributed by atoms with E-state index < -0.39 is 0 Å². The number of amides is 1. The summed E-state index contributed by atoms with van der Waals surface area (Å²) in [6.07, 6.45) is 2.41. The molecule has 2 aliphatic rings. The molecule has 2 aliphatic heterocycles. The Morgan fingerprint density at radius 3 is 2.73 bits per heavy atom. The van der Waals surface area contributed by atoms with Gasteiger partial charge in [0.05, 0.1) is 5.69 Å². The first-order chi connectivity index (χ1) is 12.7. The molecule has 0 spiro atoms. The van der Waals surface area contributed by atoms with Crippen LogP contribution in [0, 0.1) is 0 Å². The van der Waals surface area contributed by atoms with E-state index in [9.17, 15) is 9.59 Å². The van der Waals surface area contributed by atoms with E-state index in [0.29, 0.717) is 38.2 Å². The van der Waals surface area contributed by atoms with Crippen molar-refractivity contribution in [2.24, 2.45) is 0 Å². The Morgan fingerprint density at radius 1 is 1.04 bits per heavy atom. The zero-order valence-corrected chi connectivity index (χ0v) is 14.6. The molecule has 0 radical (unpaired) electrons. The Bertz CT molecular complexity index is 846. The molecule has 5 heteroatoms. The van der Waals surface area contributed by atoms with Crippen LogP contribution in [0.5, 0.6) is 11.5 Å². The van der Waals surface area contributed by atoms with Gasteiger partial charge in [0.15, 0.2) is 17.3 Å². The van der Waals surface area contributed by atoms with Gasteiger partial charge in [-0.3, -0.25) is 9.59 Å². The van der Waals surface area contributed by atoms with Gasteiger partial charge in [-0.2, -0.15) is 0 Å². The van der Waals surface area contributed by atoms with Crippen LogP contribution in [0.4, 0.5) is 5.69 Å². The van der Waals surface area contributed by atoms with Crippen molar-refractivity contribution >= 4 is 17.4 Å². The van der Waals surface area contributed by atoms with E-state index in [1.807, 2.05) is 36.4 Å². The van der Waals surface area contributed by atoms with Gasteiger partial charge in [0.25, 0.3) is 0 Å². The summed E-state index contributed by atoms with van der Waals surface area (Å²) in [5.41, 5.74) is 2.53. The number of ether oxygens (including phenoxy) is 2. The number of ketones is 1. The highest BCUT2D eigenvalue weighted by Gasteiger charge is 2.26. The molecule has 2 heterocycles. The van der Waals surface area contributed by atoms with Gasteiger partial charge in [0.2, 0.25) is 5.91 Å². The van der Waals surface area contributed by atoms with Crippen molar-refractivity contribution in [2.75, 3.05) is 24.7 Å². The lowest BCUT2D eigenvalue weighted by Crippen LogP contribution is -2.37. The average molecular weight is 351 g/mol. The number of nitrogens with zero attached hydrogens (tertiary/aromatic N) is 1. The van der Waals surface area contributed by atoms with Crippen LogP contribution in [0.3, 0.4) is 0 Å². The minimum absolute atomic E-state index is 0.0718. The molecule has 0 N–H and O–H groups in total. The molecule has 134 valence electrons. The number of Topliss-reactive ketones (excluding diaryl/α,β-unsaturated/α-hetero) is 1. The fraction of sp³-hybridized carbons (Fsp3) is 0.333. The zero-order chi connectivity index (χ0) is 17.9. The van der Waals surface area contributed by atoms with Gasteiger partial charge in [0, 0.05) is 24.9 Å². The number of rotatable bonds is 4. The second-order valence-corrected chi connectivity index (χ2v) is 6.57. The minimum atomic E-state index is 0.0718. The third-order valence-electron chi connectivity index (χ3n) is 4.82. The fourth-order valence-electron chi connectivity index (χ4n) is 3.49. The van der Waals surface area contributed by atoms with Crippen molar-refractivity contribution in [3.63, 3.8) is 0 Å². The summed E-state index contributed by atoms with van der Waals surface area (Å²) in [6, 6.07) is 13.3. The van der Waals surface area contributed by atoms with E-state index in [-0.39, 0.29) is 11.7 Å². The van der Waals surface area contributed by atoms with Crippen LogP contribution >= 0.6 is 0 Å². The van der Waals surface area contributed by atoms with Gasteiger partial charge in [0.1, 0.15) is 13.2 Å². The summed E-state index contributed by atoms with van der Waals surface area (Å²) in [7, 11) is 0. The van der Waals surface area contributed by atoms with Gasteiger partial charge >= 0.3 is 0 Å². The molecule has 0 atom stereocenters. The molecule has 5 nitrogen and oxygen atoms in total. The molecular weight excluding hydrogens is 330 g/mol. The summed E-state index contributed by atoms with van der Waals surface area (Å²) in [6.45, 7) is 1.63. The largest absolute Gasteiger partial charge is 0.486 e. The monoisotopic (exact) mass is 351 g/mol. The topological polar surface area (TPSA) is 55.8 Å². The normalized spacial score (nSPS) is 15.5. The highest BCUT2D eigenvalue weighted by atomic mass is 16.6. The minimum Gasteiger partial charge on any atom is -0.486 e. The van der Waals surface area contributed by atoms with Gasteiger partial charge in [-0.1, -0.05) is 18.2 Å². The standard InChI is InChI=1S/C21H21NO4/c23-18-10-11-22(17-6-2-1-5-16(17)18)21(24)7-3-4-15-8-9-19-20(14-15)26-13-12-25-19/h1-2,5-6,8-9,14H,3-4,7,10-13H2. The van der Waals surface area contributed by atoms with Crippen LogP contribution in [-0.2, 0) is 11.2 Å². The van der Waals surface area contributed by atoms with Crippen molar-refractivity contribution < 1.29 is 19.1 Å². The second kappa shape index (κ2) is 7.20.